The smallest absolute Gasteiger partial charge is 0.337 e. The quantitative estimate of drug-likeness (QED) is 0.844. The van der Waals surface area contributed by atoms with Crippen LogP contribution in [0, 0.1) is 5.92 Å². The highest BCUT2D eigenvalue weighted by Gasteiger charge is 2.20. The largest absolute Gasteiger partial charge is 0.478 e. The zero-order valence-corrected chi connectivity index (χ0v) is 13.1. The van der Waals surface area contributed by atoms with Crippen LogP contribution in [-0.2, 0) is 10.0 Å². The molecule has 1 aromatic rings. The van der Waals surface area contributed by atoms with Crippen LogP contribution >= 0.6 is 11.6 Å². The van der Waals surface area contributed by atoms with E-state index in [1.54, 1.807) is 6.92 Å². The van der Waals surface area contributed by atoms with E-state index in [0.29, 0.717) is 12.3 Å². The maximum Gasteiger partial charge on any atom is 0.337 e. The predicted octanol–water partition coefficient (Wildman–Crippen LogP) is 2.75. The van der Waals surface area contributed by atoms with Gasteiger partial charge in [0, 0.05) is 6.04 Å². The van der Waals surface area contributed by atoms with Gasteiger partial charge in [0.2, 0.25) is 10.0 Å². The van der Waals surface area contributed by atoms with Gasteiger partial charge < -0.3 is 5.11 Å². The van der Waals surface area contributed by atoms with Gasteiger partial charge in [-0.15, -0.1) is 0 Å². The van der Waals surface area contributed by atoms with E-state index in [1.807, 2.05) is 13.8 Å². The SMILES string of the molecule is CC(C)CC(C)NS(=O)(=O)c1ccc(C(=O)O)c(Cl)c1. The second-order valence-corrected chi connectivity index (χ2v) is 7.22. The first-order valence-electron chi connectivity index (χ1n) is 6.18. The number of hydrogen-bond acceptors (Lipinski definition) is 3. The van der Waals surface area contributed by atoms with Gasteiger partial charge >= 0.3 is 5.97 Å². The van der Waals surface area contributed by atoms with Gasteiger partial charge in [0.05, 0.1) is 15.5 Å². The van der Waals surface area contributed by atoms with Gasteiger partial charge in [0.15, 0.2) is 0 Å². The first-order valence-corrected chi connectivity index (χ1v) is 8.04. The fourth-order valence-corrected chi connectivity index (χ4v) is 3.53. The monoisotopic (exact) mass is 319 g/mol. The maximum atomic E-state index is 12.1. The van der Waals surface area contributed by atoms with Crippen molar-refractivity contribution in [3.8, 4) is 0 Å². The zero-order valence-electron chi connectivity index (χ0n) is 11.6. The molecule has 1 aromatic carbocycles. The highest BCUT2D eigenvalue weighted by Crippen LogP contribution is 2.21. The maximum absolute atomic E-state index is 12.1. The predicted molar refractivity (Wildman–Crippen MR) is 77.6 cm³/mol. The van der Waals surface area contributed by atoms with Crippen LogP contribution in [0.25, 0.3) is 0 Å². The molecule has 1 atom stereocenters. The molecule has 0 aliphatic rings. The molecule has 0 aliphatic heterocycles. The number of aromatic carboxylic acids is 1. The molecule has 2 N–H and O–H groups in total. The molecule has 0 spiro atoms. The number of carboxylic acid groups (broad SMARTS) is 1. The number of carbonyl (C=O) groups is 1. The molecule has 0 aromatic heterocycles. The molecule has 0 saturated heterocycles. The van der Waals surface area contributed by atoms with Gasteiger partial charge in [0.1, 0.15) is 0 Å². The minimum Gasteiger partial charge on any atom is -0.478 e. The lowest BCUT2D eigenvalue weighted by Gasteiger charge is -2.16. The van der Waals surface area contributed by atoms with Gasteiger partial charge in [-0.3, -0.25) is 0 Å². The first-order chi connectivity index (χ1) is 9.13. The Hall–Kier alpha value is -1.11. The van der Waals surface area contributed by atoms with E-state index in [1.165, 1.54) is 12.1 Å². The minimum absolute atomic E-state index is 0.0388. The summed E-state index contributed by atoms with van der Waals surface area (Å²) >= 11 is 5.78. The van der Waals surface area contributed by atoms with Crippen LogP contribution in [-0.4, -0.2) is 25.5 Å². The molecule has 0 heterocycles. The first kappa shape index (κ1) is 16.9. The zero-order chi connectivity index (χ0) is 15.5. The summed E-state index contributed by atoms with van der Waals surface area (Å²) in [7, 11) is -3.70. The normalized spacial score (nSPS) is 13.4. The lowest BCUT2D eigenvalue weighted by atomic mass is 10.1. The Morgan fingerprint density at radius 2 is 1.95 bits per heavy atom. The Morgan fingerprint density at radius 3 is 2.40 bits per heavy atom. The number of rotatable bonds is 6. The van der Waals surface area contributed by atoms with Crippen molar-refractivity contribution in [2.75, 3.05) is 0 Å². The molecule has 5 nitrogen and oxygen atoms in total. The highest BCUT2D eigenvalue weighted by atomic mass is 35.5. The van der Waals surface area contributed by atoms with E-state index < -0.39 is 16.0 Å². The molecule has 112 valence electrons. The summed E-state index contributed by atoms with van der Waals surface area (Å²) in [6.07, 6.45) is 0.709. The Labute approximate surface area is 124 Å². The van der Waals surface area contributed by atoms with Crippen molar-refractivity contribution in [2.24, 2.45) is 5.92 Å². The van der Waals surface area contributed by atoms with Crippen LogP contribution in [0.1, 0.15) is 37.6 Å². The molecule has 0 fully saturated rings. The van der Waals surface area contributed by atoms with Gasteiger partial charge in [0.25, 0.3) is 0 Å². The van der Waals surface area contributed by atoms with E-state index in [9.17, 15) is 13.2 Å². The molecular formula is C13H18ClNO4S. The Bertz CT molecular complexity index is 598. The molecule has 0 bridgehead atoms. The van der Waals surface area contributed by atoms with Crippen molar-refractivity contribution in [1.82, 2.24) is 4.72 Å². The summed E-state index contributed by atoms with van der Waals surface area (Å²) in [6.45, 7) is 5.79. The van der Waals surface area contributed by atoms with Crippen LogP contribution < -0.4 is 4.72 Å². The summed E-state index contributed by atoms with van der Waals surface area (Å²) in [5.74, 6) is -0.828. The van der Waals surface area contributed by atoms with Crippen molar-refractivity contribution in [2.45, 2.75) is 38.1 Å². The number of carboxylic acids is 1. The van der Waals surface area contributed by atoms with Crippen LogP contribution in [0.5, 0.6) is 0 Å². The fourth-order valence-electron chi connectivity index (χ4n) is 1.92. The molecular weight excluding hydrogens is 302 g/mol. The van der Waals surface area contributed by atoms with Crippen molar-refractivity contribution in [1.29, 1.82) is 0 Å². The molecule has 1 rings (SSSR count). The number of benzene rings is 1. The van der Waals surface area contributed by atoms with Crippen LogP contribution in [0.15, 0.2) is 23.1 Å². The third-order valence-electron chi connectivity index (χ3n) is 2.66. The number of sulfonamides is 1. The number of hydrogen-bond donors (Lipinski definition) is 2. The summed E-state index contributed by atoms with van der Waals surface area (Å²) in [5.41, 5.74) is -0.124. The Morgan fingerprint density at radius 1 is 1.35 bits per heavy atom. The van der Waals surface area contributed by atoms with E-state index >= 15 is 0 Å². The van der Waals surface area contributed by atoms with Crippen molar-refractivity contribution in [3.05, 3.63) is 28.8 Å². The Kier molecular flexibility index (Phi) is 5.56. The van der Waals surface area contributed by atoms with Gasteiger partial charge in [-0.1, -0.05) is 25.4 Å². The van der Waals surface area contributed by atoms with Crippen LogP contribution in [0.4, 0.5) is 0 Å². The van der Waals surface area contributed by atoms with E-state index in [0.717, 1.165) is 6.07 Å². The van der Waals surface area contributed by atoms with Gasteiger partial charge in [-0.25, -0.2) is 17.9 Å². The van der Waals surface area contributed by atoms with Gasteiger partial charge in [-0.05, 0) is 37.5 Å². The molecule has 20 heavy (non-hydrogen) atoms. The molecule has 0 amide bonds. The number of nitrogens with one attached hydrogen (secondary N) is 1. The molecule has 0 radical (unpaired) electrons. The van der Waals surface area contributed by atoms with Crippen molar-refractivity contribution in [3.63, 3.8) is 0 Å². The third-order valence-corrected chi connectivity index (χ3v) is 4.56. The topological polar surface area (TPSA) is 83.5 Å². The van der Waals surface area contributed by atoms with Crippen molar-refractivity contribution >= 4 is 27.6 Å². The standard InChI is InChI=1S/C13H18ClNO4S/c1-8(2)6-9(3)15-20(18,19)10-4-5-11(13(16)17)12(14)7-10/h4-5,7-9,15H,6H2,1-3H3,(H,16,17). The highest BCUT2D eigenvalue weighted by molar-refractivity contribution is 7.89. The Balaban J connectivity index is 2.99. The van der Waals surface area contributed by atoms with Crippen LogP contribution in [0.2, 0.25) is 5.02 Å². The number of halogens is 1. The van der Waals surface area contributed by atoms with Crippen molar-refractivity contribution < 1.29 is 18.3 Å². The lowest BCUT2D eigenvalue weighted by Crippen LogP contribution is -2.33. The summed E-state index contributed by atoms with van der Waals surface area (Å²) < 4.78 is 26.8. The van der Waals surface area contributed by atoms with E-state index in [2.05, 4.69) is 4.72 Å². The second-order valence-electron chi connectivity index (χ2n) is 5.10. The molecule has 0 saturated carbocycles. The lowest BCUT2D eigenvalue weighted by molar-refractivity contribution is 0.0697. The molecule has 1 unspecified atom stereocenters. The summed E-state index contributed by atoms with van der Waals surface area (Å²) in [6, 6.07) is 3.36. The third kappa shape index (κ3) is 4.47. The van der Waals surface area contributed by atoms with E-state index in [-0.39, 0.29) is 21.5 Å². The average molecular weight is 320 g/mol. The fraction of sp³-hybridized carbons (Fsp3) is 0.462. The van der Waals surface area contributed by atoms with Crippen LogP contribution in [0.3, 0.4) is 0 Å². The summed E-state index contributed by atoms with van der Waals surface area (Å²) in [5, 5.41) is 8.75. The molecule has 0 aliphatic carbocycles. The van der Waals surface area contributed by atoms with Gasteiger partial charge in [-0.2, -0.15) is 0 Å². The summed E-state index contributed by atoms with van der Waals surface area (Å²) in [4.78, 5) is 10.8. The second kappa shape index (κ2) is 6.56. The average Bonchev–Trinajstić information content (AvgIpc) is 2.25. The molecule has 7 heteroatoms. The minimum atomic E-state index is -3.70. The van der Waals surface area contributed by atoms with E-state index in [4.69, 9.17) is 16.7 Å².